The van der Waals surface area contributed by atoms with Crippen molar-refractivity contribution in [2.24, 2.45) is 0 Å². The first-order chi connectivity index (χ1) is 9.90. The van der Waals surface area contributed by atoms with Crippen LogP contribution in [0.25, 0.3) is 16.5 Å². The van der Waals surface area contributed by atoms with Gasteiger partial charge in [0.2, 0.25) is 0 Å². The van der Waals surface area contributed by atoms with Crippen molar-refractivity contribution in [3.63, 3.8) is 0 Å². The maximum Gasteiger partial charge on any atom is 0.124 e. The highest BCUT2D eigenvalue weighted by Crippen LogP contribution is 2.31. The number of hydrogen-bond acceptors (Lipinski definition) is 1. The van der Waals surface area contributed by atoms with E-state index in [9.17, 15) is 0 Å². The van der Waals surface area contributed by atoms with Gasteiger partial charge in [-0.25, -0.2) is 0 Å². The van der Waals surface area contributed by atoms with Gasteiger partial charge in [-0.1, -0.05) is 55.8 Å². The van der Waals surface area contributed by atoms with Crippen LogP contribution in [0.1, 0.15) is 31.7 Å². The molecule has 2 aromatic carbocycles. The van der Waals surface area contributed by atoms with Crippen LogP contribution in [0.3, 0.4) is 0 Å². The highest BCUT2D eigenvalue weighted by molar-refractivity contribution is 5.94. The summed E-state index contributed by atoms with van der Waals surface area (Å²) >= 11 is 0. The number of benzene rings is 2. The summed E-state index contributed by atoms with van der Waals surface area (Å²) in [6, 6.07) is 14.9. The molecule has 3 rings (SSSR count). The van der Waals surface area contributed by atoms with E-state index >= 15 is 0 Å². The molecule has 0 atom stereocenters. The van der Waals surface area contributed by atoms with Crippen LogP contribution in [0, 0.1) is 0 Å². The van der Waals surface area contributed by atoms with Crippen molar-refractivity contribution in [3.8, 4) is 0 Å². The maximum absolute atomic E-state index is 5.95. The molecule has 0 amide bonds. The first-order valence-electron chi connectivity index (χ1n) is 7.41. The average Bonchev–Trinajstić information content (AvgIpc) is 2.95. The summed E-state index contributed by atoms with van der Waals surface area (Å²) in [5.74, 6) is 1.06. The molecule has 0 aromatic heterocycles. The minimum Gasteiger partial charge on any atom is -0.496 e. The van der Waals surface area contributed by atoms with Crippen LogP contribution >= 0.6 is 0 Å². The van der Waals surface area contributed by atoms with Gasteiger partial charge >= 0.3 is 0 Å². The van der Waals surface area contributed by atoms with Crippen molar-refractivity contribution in [2.75, 3.05) is 13.2 Å². The van der Waals surface area contributed by atoms with Gasteiger partial charge in [0.25, 0.3) is 0 Å². The summed E-state index contributed by atoms with van der Waals surface area (Å²) in [5, 5.41) is 7.18. The summed E-state index contributed by atoms with van der Waals surface area (Å²) in [5.41, 5.74) is 2.25. The van der Waals surface area contributed by atoms with Gasteiger partial charge in [-0.15, -0.1) is 0 Å². The lowest BCUT2D eigenvalue weighted by atomic mass is 10.0. The van der Waals surface area contributed by atoms with Gasteiger partial charge in [0, 0.05) is 18.5 Å². The molecule has 0 fully saturated rings. The molecule has 0 spiro atoms. The van der Waals surface area contributed by atoms with Crippen molar-refractivity contribution >= 4 is 16.5 Å². The molecule has 1 aliphatic rings. The largest absolute Gasteiger partial charge is 0.496 e. The van der Waals surface area contributed by atoms with Crippen molar-refractivity contribution in [3.05, 3.63) is 53.8 Å². The fourth-order valence-electron chi connectivity index (χ4n) is 2.62. The van der Waals surface area contributed by atoms with Crippen LogP contribution in [0.5, 0.6) is 0 Å². The average molecular weight is 266 g/mol. The van der Waals surface area contributed by atoms with E-state index in [-0.39, 0.29) is 0 Å². The quantitative estimate of drug-likeness (QED) is 0.739. The molecule has 0 saturated carbocycles. The number of unbranched alkanes of at least 4 members (excludes halogenated alkanes) is 1. The van der Waals surface area contributed by atoms with Gasteiger partial charge in [0.1, 0.15) is 11.5 Å². The molecule has 2 aromatic rings. The highest BCUT2D eigenvalue weighted by Gasteiger charge is 2.20. The molecule has 103 valence electrons. The normalized spacial score (nSPS) is 14.7. The first kappa shape index (κ1) is 13.0. The first-order valence-corrected chi connectivity index (χ1v) is 7.41. The summed E-state index contributed by atoms with van der Waals surface area (Å²) in [4.78, 5) is 0. The molecular formula is C18H20NO. The molecule has 0 N–H and O–H groups in total. The van der Waals surface area contributed by atoms with E-state index in [1.807, 2.05) is 0 Å². The fourth-order valence-corrected chi connectivity index (χ4v) is 2.62. The minimum absolute atomic E-state index is 0.801. The summed E-state index contributed by atoms with van der Waals surface area (Å²) in [6.07, 6.45) is 3.20. The molecule has 2 nitrogen and oxygen atoms in total. The van der Waals surface area contributed by atoms with E-state index in [2.05, 4.69) is 54.7 Å². The Morgan fingerprint density at radius 1 is 1.10 bits per heavy atom. The van der Waals surface area contributed by atoms with Crippen LogP contribution in [0.2, 0.25) is 0 Å². The number of rotatable bonds is 5. The third-order valence-electron chi connectivity index (χ3n) is 3.69. The monoisotopic (exact) mass is 266 g/mol. The standard InChI is InChI=1S/C18H20NO/c1-2-3-13-20-17-11-12-19-18(17)16-10-6-8-14-7-4-5-9-15(14)16/h4-10H,2-3,11-13H2,1H3. The zero-order valence-corrected chi connectivity index (χ0v) is 11.9. The summed E-state index contributed by atoms with van der Waals surface area (Å²) in [7, 11) is 0. The Bertz CT molecular complexity index is 625. The zero-order chi connectivity index (χ0) is 13.8. The molecular weight excluding hydrogens is 246 g/mol. The Hall–Kier alpha value is -1.96. The van der Waals surface area contributed by atoms with E-state index in [4.69, 9.17) is 4.74 Å². The summed E-state index contributed by atoms with van der Waals surface area (Å²) < 4.78 is 5.95. The predicted octanol–water partition coefficient (Wildman–Crippen LogP) is 4.33. The van der Waals surface area contributed by atoms with Crippen molar-refractivity contribution in [1.82, 2.24) is 5.32 Å². The topological polar surface area (TPSA) is 23.3 Å². The van der Waals surface area contributed by atoms with Crippen LogP contribution < -0.4 is 5.32 Å². The molecule has 1 radical (unpaired) electrons. The lowest BCUT2D eigenvalue weighted by Crippen LogP contribution is -1.99. The maximum atomic E-state index is 5.95. The van der Waals surface area contributed by atoms with Crippen LogP contribution in [-0.2, 0) is 4.74 Å². The Morgan fingerprint density at radius 3 is 2.85 bits per heavy atom. The van der Waals surface area contributed by atoms with Crippen LogP contribution in [-0.4, -0.2) is 13.2 Å². The molecule has 1 heterocycles. The SMILES string of the molecule is CCCCOC1=C(c2cccc3ccccc23)[N]CC1. The van der Waals surface area contributed by atoms with Crippen LogP contribution in [0.4, 0.5) is 0 Å². The number of fused-ring (bicyclic) bond motifs is 1. The molecule has 0 aliphatic carbocycles. The third-order valence-corrected chi connectivity index (χ3v) is 3.69. The van der Waals surface area contributed by atoms with E-state index in [0.717, 1.165) is 43.9 Å². The molecule has 1 aliphatic heterocycles. The zero-order valence-electron chi connectivity index (χ0n) is 11.9. The molecule has 20 heavy (non-hydrogen) atoms. The second kappa shape index (κ2) is 6.00. The predicted molar refractivity (Wildman–Crippen MR) is 83.3 cm³/mol. The Labute approximate surface area is 120 Å². The Balaban J connectivity index is 1.98. The van der Waals surface area contributed by atoms with Crippen molar-refractivity contribution in [2.45, 2.75) is 26.2 Å². The van der Waals surface area contributed by atoms with Gasteiger partial charge in [-0.2, -0.15) is 0 Å². The minimum atomic E-state index is 0.801. The highest BCUT2D eigenvalue weighted by atomic mass is 16.5. The smallest absolute Gasteiger partial charge is 0.124 e. The molecule has 0 unspecified atom stereocenters. The van der Waals surface area contributed by atoms with Gasteiger partial charge < -0.3 is 4.74 Å². The van der Waals surface area contributed by atoms with Gasteiger partial charge in [-0.05, 0) is 17.2 Å². The second-order valence-corrected chi connectivity index (χ2v) is 5.13. The van der Waals surface area contributed by atoms with E-state index in [0.29, 0.717) is 0 Å². The van der Waals surface area contributed by atoms with E-state index < -0.39 is 0 Å². The Morgan fingerprint density at radius 2 is 1.95 bits per heavy atom. The van der Waals surface area contributed by atoms with Crippen LogP contribution in [0.15, 0.2) is 48.2 Å². The molecule has 2 heteroatoms. The molecule has 0 saturated heterocycles. The lowest BCUT2D eigenvalue weighted by molar-refractivity contribution is 0.204. The summed E-state index contributed by atoms with van der Waals surface area (Å²) in [6.45, 7) is 3.83. The van der Waals surface area contributed by atoms with Gasteiger partial charge in [-0.3, -0.25) is 5.32 Å². The van der Waals surface area contributed by atoms with E-state index in [1.165, 1.54) is 16.3 Å². The Kier molecular flexibility index (Phi) is 3.91. The van der Waals surface area contributed by atoms with Gasteiger partial charge in [0.05, 0.1) is 6.61 Å². The lowest BCUT2D eigenvalue weighted by Gasteiger charge is -2.11. The number of hydrogen-bond donors (Lipinski definition) is 0. The van der Waals surface area contributed by atoms with Gasteiger partial charge in [0.15, 0.2) is 0 Å². The third kappa shape index (κ3) is 2.51. The van der Waals surface area contributed by atoms with E-state index in [1.54, 1.807) is 0 Å². The second-order valence-electron chi connectivity index (χ2n) is 5.13. The van der Waals surface area contributed by atoms with Crippen molar-refractivity contribution in [1.29, 1.82) is 0 Å². The number of ether oxygens (including phenoxy) is 1. The van der Waals surface area contributed by atoms with Crippen molar-refractivity contribution < 1.29 is 4.74 Å². The molecule has 0 bridgehead atoms. The number of nitrogens with zero attached hydrogens (tertiary/aromatic N) is 1. The fraction of sp³-hybridized carbons (Fsp3) is 0.333.